The molecule has 1 aromatic carbocycles. The molecule has 0 spiro atoms. The first kappa shape index (κ1) is 19.0. The number of aromatic amines is 1. The van der Waals surface area contributed by atoms with Crippen LogP contribution in [0.1, 0.15) is 36.2 Å². The van der Waals surface area contributed by atoms with Crippen molar-refractivity contribution in [3.63, 3.8) is 0 Å². The number of H-pyrrole nitrogens is 1. The fourth-order valence-corrected chi connectivity index (χ4v) is 3.59. The number of carbonyl (C=O) groups excluding carboxylic acids is 1. The number of halogens is 1. The Morgan fingerprint density at radius 1 is 1.22 bits per heavy atom. The van der Waals surface area contributed by atoms with Crippen LogP contribution in [0.25, 0.3) is 10.2 Å². The maximum Gasteiger partial charge on any atom is 0.347 e. The van der Waals surface area contributed by atoms with E-state index in [1.165, 1.54) is 42.5 Å². The van der Waals surface area contributed by atoms with Crippen LogP contribution in [-0.2, 0) is 9.53 Å². The lowest BCUT2D eigenvalue weighted by molar-refractivity contribution is -0.156. The number of esters is 1. The first-order valence-corrected chi connectivity index (χ1v) is 9.20. The van der Waals surface area contributed by atoms with Gasteiger partial charge in [0, 0.05) is 4.88 Å². The molecular weight excluding hydrogens is 371 g/mol. The Labute approximate surface area is 159 Å². The van der Waals surface area contributed by atoms with Crippen LogP contribution in [0, 0.1) is 19.7 Å². The largest absolute Gasteiger partial charge is 0.479 e. The van der Waals surface area contributed by atoms with Gasteiger partial charge in [-0.05, 0) is 57.5 Å². The molecule has 0 aliphatic carbocycles. The number of nitrogens with one attached hydrogen (secondary N) is 1. The molecule has 0 saturated heterocycles. The van der Waals surface area contributed by atoms with Crippen molar-refractivity contribution in [2.45, 2.75) is 39.9 Å². The number of aromatic nitrogens is 2. The number of rotatable bonds is 5. The van der Waals surface area contributed by atoms with Crippen molar-refractivity contribution in [1.82, 2.24) is 9.97 Å². The molecular formula is C19H19FN2O4S. The highest BCUT2D eigenvalue weighted by molar-refractivity contribution is 7.18. The standard InChI is InChI=1S/C19H19FN2O4S/c1-9-12(4)27-18-15(9)17(23)21-16(22-18)10(2)26-19(24)11(3)25-14-7-5-13(20)6-8-14/h5-8,10-11H,1-4H3,(H,21,22,23)/t10-,11+/m1/s1. The third kappa shape index (κ3) is 4.00. The maximum atomic E-state index is 12.9. The molecule has 0 amide bonds. The highest BCUT2D eigenvalue weighted by Gasteiger charge is 2.22. The van der Waals surface area contributed by atoms with E-state index in [1.54, 1.807) is 6.92 Å². The smallest absolute Gasteiger partial charge is 0.347 e. The zero-order valence-electron chi connectivity index (χ0n) is 15.3. The summed E-state index contributed by atoms with van der Waals surface area (Å²) < 4.78 is 23.7. The number of ether oxygens (including phenoxy) is 2. The molecule has 0 aliphatic heterocycles. The lowest BCUT2D eigenvalue weighted by atomic mass is 10.2. The quantitative estimate of drug-likeness (QED) is 0.670. The van der Waals surface area contributed by atoms with Crippen molar-refractivity contribution < 1.29 is 18.7 Å². The van der Waals surface area contributed by atoms with E-state index >= 15 is 0 Å². The Kier molecular flexibility index (Phi) is 5.27. The molecule has 27 heavy (non-hydrogen) atoms. The van der Waals surface area contributed by atoms with E-state index in [4.69, 9.17) is 9.47 Å². The summed E-state index contributed by atoms with van der Waals surface area (Å²) in [5.41, 5.74) is 0.650. The average Bonchev–Trinajstić information content (AvgIpc) is 2.91. The maximum absolute atomic E-state index is 12.9. The molecule has 2 heterocycles. The van der Waals surface area contributed by atoms with Gasteiger partial charge in [-0.3, -0.25) is 4.79 Å². The minimum atomic E-state index is -0.903. The van der Waals surface area contributed by atoms with Crippen molar-refractivity contribution >= 4 is 27.5 Å². The Balaban J connectivity index is 1.73. The Morgan fingerprint density at radius 2 is 1.89 bits per heavy atom. The number of thiophene rings is 1. The number of hydrogen-bond donors (Lipinski definition) is 1. The van der Waals surface area contributed by atoms with Crippen LogP contribution in [0.4, 0.5) is 4.39 Å². The van der Waals surface area contributed by atoms with E-state index in [-0.39, 0.29) is 11.4 Å². The molecule has 0 saturated carbocycles. The van der Waals surface area contributed by atoms with Crippen LogP contribution in [0.2, 0.25) is 0 Å². The summed E-state index contributed by atoms with van der Waals surface area (Å²) >= 11 is 1.43. The van der Waals surface area contributed by atoms with Gasteiger partial charge in [0.1, 0.15) is 16.4 Å². The molecule has 0 unspecified atom stereocenters. The topological polar surface area (TPSA) is 81.3 Å². The zero-order valence-corrected chi connectivity index (χ0v) is 16.1. The first-order chi connectivity index (χ1) is 12.8. The second-order valence-corrected chi connectivity index (χ2v) is 7.41. The van der Waals surface area contributed by atoms with Crippen LogP contribution >= 0.6 is 11.3 Å². The minimum Gasteiger partial charge on any atom is -0.479 e. The summed E-state index contributed by atoms with van der Waals surface area (Å²) in [5, 5.41) is 0.563. The summed E-state index contributed by atoms with van der Waals surface area (Å²) in [6, 6.07) is 5.34. The number of hydrogen-bond acceptors (Lipinski definition) is 6. The van der Waals surface area contributed by atoms with Crippen molar-refractivity contribution in [3.8, 4) is 5.75 Å². The number of nitrogens with zero attached hydrogens (tertiary/aromatic N) is 1. The molecule has 8 heteroatoms. The van der Waals surface area contributed by atoms with Gasteiger partial charge in [-0.25, -0.2) is 14.2 Å². The van der Waals surface area contributed by atoms with Gasteiger partial charge < -0.3 is 14.5 Å². The van der Waals surface area contributed by atoms with Crippen molar-refractivity contribution in [2.24, 2.45) is 0 Å². The number of fused-ring (bicyclic) bond motifs is 1. The van der Waals surface area contributed by atoms with Gasteiger partial charge in [0.2, 0.25) is 0 Å². The highest BCUT2D eigenvalue weighted by Crippen LogP contribution is 2.27. The van der Waals surface area contributed by atoms with E-state index in [1.807, 2.05) is 13.8 Å². The predicted octanol–water partition coefficient (Wildman–Crippen LogP) is 3.81. The Hall–Kier alpha value is -2.74. The van der Waals surface area contributed by atoms with Gasteiger partial charge >= 0.3 is 5.97 Å². The van der Waals surface area contributed by atoms with Crippen LogP contribution in [0.3, 0.4) is 0 Å². The monoisotopic (exact) mass is 390 g/mol. The molecule has 3 aromatic rings. The summed E-state index contributed by atoms with van der Waals surface area (Å²) in [5.74, 6) is -0.383. The molecule has 0 aliphatic rings. The molecule has 1 N–H and O–H groups in total. The van der Waals surface area contributed by atoms with Gasteiger partial charge in [-0.2, -0.15) is 0 Å². The summed E-state index contributed by atoms with van der Waals surface area (Å²) in [7, 11) is 0. The number of carbonyl (C=O) groups is 1. The Morgan fingerprint density at radius 3 is 2.56 bits per heavy atom. The van der Waals surface area contributed by atoms with Crippen molar-refractivity contribution in [1.29, 1.82) is 0 Å². The highest BCUT2D eigenvalue weighted by atomic mass is 32.1. The normalized spacial score (nSPS) is 13.4. The third-order valence-corrected chi connectivity index (χ3v) is 5.29. The molecule has 0 bridgehead atoms. The lowest BCUT2D eigenvalue weighted by Crippen LogP contribution is -2.28. The van der Waals surface area contributed by atoms with Crippen molar-refractivity contribution in [2.75, 3.05) is 0 Å². The van der Waals surface area contributed by atoms with Gasteiger partial charge in [-0.1, -0.05) is 0 Å². The second-order valence-electron chi connectivity index (χ2n) is 6.21. The van der Waals surface area contributed by atoms with Crippen LogP contribution in [-0.4, -0.2) is 22.0 Å². The molecule has 142 valence electrons. The van der Waals surface area contributed by atoms with Crippen molar-refractivity contribution in [3.05, 3.63) is 56.7 Å². The SMILES string of the molecule is Cc1sc2nc([C@@H](C)OC(=O)[C@H](C)Oc3ccc(F)cc3)[nH]c(=O)c2c1C. The summed E-state index contributed by atoms with van der Waals surface area (Å²) in [6.07, 6.45) is -1.66. The Bertz CT molecular complexity index is 1040. The summed E-state index contributed by atoms with van der Waals surface area (Å²) in [6.45, 7) is 6.96. The molecule has 6 nitrogen and oxygen atoms in total. The van der Waals surface area contributed by atoms with Gasteiger partial charge in [0.15, 0.2) is 18.0 Å². The van der Waals surface area contributed by atoms with E-state index in [2.05, 4.69) is 9.97 Å². The molecule has 2 atom stereocenters. The fourth-order valence-electron chi connectivity index (χ4n) is 2.56. The molecule has 3 rings (SSSR count). The van der Waals surface area contributed by atoms with E-state index in [9.17, 15) is 14.0 Å². The second kappa shape index (κ2) is 7.48. The van der Waals surface area contributed by atoms with Gasteiger partial charge in [0.25, 0.3) is 5.56 Å². The molecule has 0 radical (unpaired) electrons. The average molecular weight is 390 g/mol. The molecule has 0 fully saturated rings. The number of benzene rings is 1. The van der Waals surface area contributed by atoms with E-state index < -0.39 is 24.0 Å². The van der Waals surface area contributed by atoms with Gasteiger partial charge in [-0.15, -0.1) is 11.3 Å². The van der Waals surface area contributed by atoms with E-state index in [0.717, 1.165) is 10.4 Å². The predicted molar refractivity (Wildman–Crippen MR) is 101 cm³/mol. The van der Waals surface area contributed by atoms with Crippen LogP contribution in [0.15, 0.2) is 29.1 Å². The third-order valence-electron chi connectivity index (χ3n) is 4.19. The lowest BCUT2D eigenvalue weighted by Gasteiger charge is -2.17. The minimum absolute atomic E-state index is 0.254. The van der Waals surface area contributed by atoms with Gasteiger partial charge in [0.05, 0.1) is 5.39 Å². The van der Waals surface area contributed by atoms with Crippen LogP contribution in [0.5, 0.6) is 5.75 Å². The molecule has 2 aromatic heterocycles. The zero-order chi connectivity index (χ0) is 19.7. The number of aryl methyl sites for hydroxylation is 2. The fraction of sp³-hybridized carbons (Fsp3) is 0.316. The first-order valence-electron chi connectivity index (χ1n) is 8.39. The van der Waals surface area contributed by atoms with Crippen LogP contribution < -0.4 is 10.3 Å². The van der Waals surface area contributed by atoms with E-state index in [0.29, 0.717) is 16.0 Å². The summed E-state index contributed by atoms with van der Waals surface area (Å²) in [4.78, 5) is 33.4.